The minimum absolute atomic E-state index is 0.122. The molecule has 4 rings (SSSR count). The van der Waals surface area contributed by atoms with Crippen LogP contribution in [0.4, 0.5) is 5.13 Å². The quantitative estimate of drug-likeness (QED) is 0.907. The zero-order chi connectivity index (χ0) is 17.3. The number of nitrogen functional groups attached to an aromatic ring is 1. The van der Waals surface area contributed by atoms with Gasteiger partial charge in [-0.2, -0.15) is 0 Å². The molecule has 1 saturated carbocycles. The average Bonchev–Trinajstić information content (AvgIpc) is 3.06. The van der Waals surface area contributed by atoms with Crippen LogP contribution in [0.3, 0.4) is 0 Å². The molecule has 4 nitrogen and oxygen atoms in total. The summed E-state index contributed by atoms with van der Waals surface area (Å²) in [5.41, 5.74) is 8.14. The summed E-state index contributed by atoms with van der Waals surface area (Å²) < 4.78 is 0. The summed E-state index contributed by atoms with van der Waals surface area (Å²) in [6.45, 7) is 1.61. The third-order valence-corrected chi connectivity index (χ3v) is 6.67. The number of piperidine rings is 1. The fraction of sp³-hybridized carbons (Fsp3) is 0.500. The van der Waals surface area contributed by atoms with Gasteiger partial charge < -0.3 is 10.6 Å². The number of nitrogens with two attached hydrogens (primary N) is 1. The van der Waals surface area contributed by atoms with Gasteiger partial charge in [0.1, 0.15) is 0 Å². The predicted octanol–water partition coefficient (Wildman–Crippen LogP) is 3.82. The van der Waals surface area contributed by atoms with E-state index in [-0.39, 0.29) is 5.41 Å². The molecule has 1 aromatic carbocycles. The molecule has 0 atom stereocenters. The van der Waals surface area contributed by atoms with E-state index in [0.29, 0.717) is 17.0 Å². The van der Waals surface area contributed by atoms with E-state index in [2.05, 4.69) is 39.5 Å². The van der Waals surface area contributed by atoms with Crippen LogP contribution in [0.5, 0.6) is 0 Å². The molecule has 2 fully saturated rings. The largest absolute Gasteiger partial charge is 0.375 e. The number of anilines is 1. The van der Waals surface area contributed by atoms with Crippen LogP contribution in [0, 0.1) is 5.92 Å². The Labute approximate surface area is 153 Å². The van der Waals surface area contributed by atoms with Gasteiger partial charge in [0, 0.05) is 30.3 Å². The zero-order valence-corrected chi connectivity index (χ0v) is 15.3. The Morgan fingerprint density at radius 1 is 1.24 bits per heavy atom. The molecule has 2 aliphatic rings. The molecule has 0 radical (unpaired) electrons. The summed E-state index contributed by atoms with van der Waals surface area (Å²) in [4.78, 5) is 19.3. The standard InChI is InChI=1S/C20H25N3OS/c21-19-22-17(14-25-19)20(16-7-2-1-3-8-16)9-11-23(12-10-20)18(24)13-15-5-4-6-15/h1-3,7-8,14-15H,4-6,9-13H2,(H2,21,22). The highest BCUT2D eigenvalue weighted by molar-refractivity contribution is 7.13. The normalized spacial score (nSPS) is 20.2. The van der Waals surface area contributed by atoms with E-state index in [9.17, 15) is 4.79 Å². The summed E-state index contributed by atoms with van der Waals surface area (Å²) in [5.74, 6) is 0.968. The maximum Gasteiger partial charge on any atom is 0.222 e. The van der Waals surface area contributed by atoms with Gasteiger partial charge in [0.15, 0.2) is 5.13 Å². The molecule has 0 unspecified atom stereocenters. The summed E-state index contributed by atoms with van der Waals surface area (Å²) in [6.07, 6.45) is 6.31. The number of rotatable bonds is 4. The second-order valence-corrected chi connectivity index (χ2v) is 8.29. The van der Waals surface area contributed by atoms with Crippen molar-refractivity contribution in [2.45, 2.75) is 43.9 Å². The molecule has 1 amide bonds. The van der Waals surface area contributed by atoms with E-state index in [4.69, 9.17) is 5.73 Å². The molecular weight excluding hydrogens is 330 g/mol. The van der Waals surface area contributed by atoms with Crippen molar-refractivity contribution in [1.82, 2.24) is 9.88 Å². The fourth-order valence-corrected chi connectivity index (χ4v) is 4.83. The van der Waals surface area contributed by atoms with Gasteiger partial charge in [-0.1, -0.05) is 36.8 Å². The minimum Gasteiger partial charge on any atom is -0.375 e. The molecular formula is C20H25N3OS. The minimum atomic E-state index is -0.122. The monoisotopic (exact) mass is 355 g/mol. The van der Waals surface area contributed by atoms with Crippen molar-refractivity contribution in [3.8, 4) is 0 Å². The van der Waals surface area contributed by atoms with E-state index in [1.807, 2.05) is 6.07 Å². The summed E-state index contributed by atoms with van der Waals surface area (Å²) >= 11 is 1.50. The van der Waals surface area contributed by atoms with Crippen LogP contribution in [0.2, 0.25) is 0 Å². The number of carbonyl (C=O) groups excluding carboxylic acids is 1. The highest BCUT2D eigenvalue weighted by Crippen LogP contribution is 2.42. The molecule has 1 saturated heterocycles. The Bertz CT molecular complexity index is 730. The third kappa shape index (κ3) is 3.17. The van der Waals surface area contributed by atoms with Gasteiger partial charge in [0.25, 0.3) is 0 Å². The zero-order valence-electron chi connectivity index (χ0n) is 14.5. The molecule has 25 heavy (non-hydrogen) atoms. The second-order valence-electron chi connectivity index (χ2n) is 7.40. The molecule has 1 aliphatic carbocycles. The Kier molecular flexibility index (Phi) is 4.50. The summed E-state index contributed by atoms with van der Waals surface area (Å²) in [6, 6.07) is 10.6. The first-order valence-electron chi connectivity index (χ1n) is 9.22. The predicted molar refractivity (Wildman–Crippen MR) is 102 cm³/mol. The molecule has 2 heterocycles. The van der Waals surface area contributed by atoms with Crippen LogP contribution in [0.25, 0.3) is 0 Å². The lowest BCUT2D eigenvalue weighted by Crippen LogP contribution is -2.46. The number of benzene rings is 1. The molecule has 0 spiro atoms. The SMILES string of the molecule is Nc1nc(C2(c3ccccc3)CCN(C(=O)CC3CCC3)CC2)cs1. The molecule has 1 aromatic heterocycles. The molecule has 2 N–H and O–H groups in total. The van der Waals surface area contributed by atoms with Gasteiger partial charge >= 0.3 is 0 Å². The highest BCUT2D eigenvalue weighted by Gasteiger charge is 2.41. The number of hydrogen-bond donors (Lipinski definition) is 1. The Hall–Kier alpha value is -1.88. The van der Waals surface area contributed by atoms with Crippen LogP contribution >= 0.6 is 11.3 Å². The third-order valence-electron chi connectivity index (χ3n) is 6.00. The van der Waals surface area contributed by atoms with E-state index in [0.717, 1.165) is 38.0 Å². The number of carbonyl (C=O) groups is 1. The number of thiazole rings is 1. The van der Waals surface area contributed by atoms with Gasteiger partial charge in [-0.3, -0.25) is 4.79 Å². The van der Waals surface area contributed by atoms with E-state index in [1.54, 1.807) is 0 Å². The van der Waals surface area contributed by atoms with E-state index < -0.39 is 0 Å². The molecule has 5 heteroatoms. The lowest BCUT2D eigenvalue weighted by Gasteiger charge is -2.42. The molecule has 1 aliphatic heterocycles. The van der Waals surface area contributed by atoms with Crippen molar-refractivity contribution < 1.29 is 4.79 Å². The van der Waals surface area contributed by atoms with Crippen molar-refractivity contribution in [2.24, 2.45) is 5.92 Å². The maximum atomic E-state index is 12.6. The van der Waals surface area contributed by atoms with Gasteiger partial charge in [-0.05, 0) is 37.2 Å². The summed E-state index contributed by atoms with van der Waals surface area (Å²) in [5, 5.41) is 2.71. The molecule has 132 valence electrons. The fourth-order valence-electron chi connectivity index (χ4n) is 4.17. The Balaban J connectivity index is 1.54. The molecule has 0 bridgehead atoms. The van der Waals surface area contributed by atoms with Crippen LogP contribution in [0.15, 0.2) is 35.7 Å². The number of aromatic nitrogens is 1. The van der Waals surface area contributed by atoms with Crippen molar-refractivity contribution in [3.63, 3.8) is 0 Å². The number of amides is 1. The lowest BCUT2D eigenvalue weighted by molar-refractivity contribution is -0.134. The number of likely N-dealkylation sites (tertiary alicyclic amines) is 1. The van der Waals surface area contributed by atoms with Crippen molar-refractivity contribution in [3.05, 3.63) is 47.0 Å². The van der Waals surface area contributed by atoms with Crippen molar-refractivity contribution in [2.75, 3.05) is 18.8 Å². The van der Waals surface area contributed by atoms with Gasteiger partial charge in [-0.25, -0.2) is 4.98 Å². The smallest absolute Gasteiger partial charge is 0.222 e. The van der Waals surface area contributed by atoms with E-state index in [1.165, 1.54) is 36.2 Å². The van der Waals surface area contributed by atoms with Crippen molar-refractivity contribution >= 4 is 22.4 Å². The second kappa shape index (κ2) is 6.79. The Morgan fingerprint density at radius 3 is 2.52 bits per heavy atom. The highest BCUT2D eigenvalue weighted by atomic mass is 32.1. The van der Waals surface area contributed by atoms with Gasteiger partial charge in [0.05, 0.1) is 5.69 Å². The van der Waals surface area contributed by atoms with Crippen LogP contribution in [-0.4, -0.2) is 28.9 Å². The summed E-state index contributed by atoms with van der Waals surface area (Å²) in [7, 11) is 0. The Morgan fingerprint density at radius 2 is 1.96 bits per heavy atom. The van der Waals surface area contributed by atoms with Crippen LogP contribution in [0.1, 0.15) is 49.8 Å². The first-order chi connectivity index (χ1) is 12.2. The average molecular weight is 356 g/mol. The van der Waals surface area contributed by atoms with E-state index >= 15 is 0 Å². The maximum absolute atomic E-state index is 12.6. The van der Waals surface area contributed by atoms with Gasteiger partial charge in [0.2, 0.25) is 5.91 Å². The lowest BCUT2D eigenvalue weighted by atomic mass is 9.70. The molecule has 2 aromatic rings. The number of hydrogen-bond acceptors (Lipinski definition) is 4. The topological polar surface area (TPSA) is 59.2 Å². The van der Waals surface area contributed by atoms with Gasteiger partial charge in [-0.15, -0.1) is 11.3 Å². The first-order valence-corrected chi connectivity index (χ1v) is 10.1. The van der Waals surface area contributed by atoms with Crippen molar-refractivity contribution in [1.29, 1.82) is 0 Å². The van der Waals surface area contributed by atoms with Crippen LogP contribution < -0.4 is 5.73 Å². The number of nitrogens with zero attached hydrogens (tertiary/aromatic N) is 2. The van der Waals surface area contributed by atoms with Crippen LogP contribution in [-0.2, 0) is 10.2 Å². The first kappa shape index (κ1) is 16.6.